The highest BCUT2D eigenvalue weighted by Crippen LogP contribution is 2.32. The van der Waals surface area contributed by atoms with Crippen molar-refractivity contribution in [3.8, 4) is 0 Å². The van der Waals surface area contributed by atoms with Crippen LogP contribution in [0.1, 0.15) is 37.7 Å². The second-order valence-corrected chi connectivity index (χ2v) is 5.83. The molecule has 1 fully saturated rings. The van der Waals surface area contributed by atoms with E-state index >= 15 is 0 Å². The van der Waals surface area contributed by atoms with Gasteiger partial charge in [0, 0.05) is 11.9 Å². The third-order valence-corrected chi connectivity index (χ3v) is 4.43. The van der Waals surface area contributed by atoms with Crippen LogP contribution in [0, 0.1) is 16.0 Å². The number of rotatable bonds is 4. The van der Waals surface area contributed by atoms with Crippen LogP contribution in [0.5, 0.6) is 0 Å². The van der Waals surface area contributed by atoms with Crippen LogP contribution in [0.2, 0.25) is 5.02 Å². The molecule has 1 aliphatic rings. The summed E-state index contributed by atoms with van der Waals surface area (Å²) in [5, 5.41) is 11.1. The van der Waals surface area contributed by atoms with E-state index in [-0.39, 0.29) is 10.7 Å². The number of allylic oxidation sites excluding steroid dienone is 1. The van der Waals surface area contributed by atoms with Crippen LogP contribution in [0.15, 0.2) is 23.8 Å². The molecular weight excluding hydrogens is 297 g/mol. The summed E-state index contributed by atoms with van der Waals surface area (Å²) >= 11 is 11.9. The normalized spacial score (nSPS) is 17.2. The van der Waals surface area contributed by atoms with E-state index in [0.29, 0.717) is 11.8 Å². The topological polar surface area (TPSA) is 43.1 Å². The SMILES string of the molecule is O=[N+]([O-])c1cc(/C=C(/CCl)C2CCCCC2)ccc1Cl. The van der Waals surface area contributed by atoms with Crippen LogP contribution >= 0.6 is 23.2 Å². The molecule has 0 spiro atoms. The molecular formula is C15H17Cl2NO2. The average Bonchev–Trinajstić information content (AvgIpc) is 2.47. The highest BCUT2D eigenvalue weighted by Gasteiger charge is 2.18. The molecule has 0 aliphatic heterocycles. The highest BCUT2D eigenvalue weighted by molar-refractivity contribution is 6.32. The van der Waals surface area contributed by atoms with Crippen LogP contribution in [0.25, 0.3) is 6.08 Å². The Morgan fingerprint density at radius 2 is 2.05 bits per heavy atom. The van der Waals surface area contributed by atoms with Gasteiger partial charge < -0.3 is 0 Å². The molecule has 0 aromatic heterocycles. The maximum absolute atomic E-state index is 10.9. The van der Waals surface area contributed by atoms with Crippen molar-refractivity contribution in [2.24, 2.45) is 5.92 Å². The molecule has 0 unspecified atom stereocenters. The van der Waals surface area contributed by atoms with Crippen molar-refractivity contribution >= 4 is 35.0 Å². The number of hydrogen-bond acceptors (Lipinski definition) is 2. The summed E-state index contributed by atoms with van der Waals surface area (Å²) in [7, 11) is 0. The summed E-state index contributed by atoms with van der Waals surface area (Å²) in [4.78, 5) is 10.4. The Balaban J connectivity index is 2.27. The Morgan fingerprint density at radius 3 is 2.65 bits per heavy atom. The number of hydrogen-bond donors (Lipinski definition) is 0. The van der Waals surface area contributed by atoms with Gasteiger partial charge in [0.25, 0.3) is 5.69 Å². The van der Waals surface area contributed by atoms with Crippen LogP contribution < -0.4 is 0 Å². The van der Waals surface area contributed by atoms with Crippen LogP contribution in [-0.4, -0.2) is 10.8 Å². The molecule has 0 N–H and O–H groups in total. The second kappa shape index (κ2) is 7.09. The van der Waals surface area contributed by atoms with Crippen molar-refractivity contribution in [3.05, 3.63) is 44.5 Å². The largest absolute Gasteiger partial charge is 0.288 e. The predicted octanol–water partition coefficient (Wildman–Crippen LogP) is 5.45. The summed E-state index contributed by atoms with van der Waals surface area (Å²) in [5.41, 5.74) is 1.91. The lowest BCUT2D eigenvalue weighted by atomic mass is 9.83. The van der Waals surface area contributed by atoms with Crippen molar-refractivity contribution in [2.45, 2.75) is 32.1 Å². The number of nitrogens with zero attached hydrogens (tertiary/aromatic N) is 1. The minimum Gasteiger partial charge on any atom is -0.258 e. The summed E-state index contributed by atoms with van der Waals surface area (Å²) in [6.45, 7) is 0. The van der Waals surface area contributed by atoms with Gasteiger partial charge in [0.05, 0.1) is 4.92 Å². The molecule has 0 radical (unpaired) electrons. The molecule has 20 heavy (non-hydrogen) atoms. The Labute approximate surface area is 128 Å². The maximum atomic E-state index is 10.9. The van der Waals surface area contributed by atoms with Gasteiger partial charge in [0.1, 0.15) is 5.02 Å². The van der Waals surface area contributed by atoms with Gasteiger partial charge in [-0.3, -0.25) is 10.1 Å². The van der Waals surface area contributed by atoms with E-state index in [2.05, 4.69) is 0 Å². The predicted molar refractivity (Wildman–Crippen MR) is 83.4 cm³/mol. The number of halogens is 2. The second-order valence-electron chi connectivity index (χ2n) is 5.16. The van der Waals surface area contributed by atoms with Crippen molar-refractivity contribution in [1.29, 1.82) is 0 Å². The molecule has 1 aromatic rings. The summed E-state index contributed by atoms with van der Waals surface area (Å²) in [5.74, 6) is 0.983. The fourth-order valence-electron chi connectivity index (χ4n) is 2.71. The third kappa shape index (κ3) is 3.74. The standard InChI is InChI=1S/C15H17Cl2NO2/c16-10-13(12-4-2-1-3-5-12)8-11-6-7-14(17)15(9-11)18(19)20/h6-9,12H,1-5,10H2/b13-8-. The Hall–Kier alpha value is -1.06. The highest BCUT2D eigenvalue weighted by atomic mass is 35.5. The molecule has 2 rings (SSSR count). The Kier molecular flexibility index (Phi) is 5.44. The summed E-state index contributed by atoms with van der Waals surface area (Å²) < 4.78 is 0. The smallest absolute Gasteiger partial charge is 0.258 e. The molecule has 1 aliphatic carbocycles. The fourth-order valence-corrected chi connectivity index (χ4v) is 3.19. The van der Waals surface area contributed by atoms with E-state index in [0.717, 1.165) is 18.4 Å². The zero-order chi connectivity index (χ0) is 14.5. The molecule has 3 nitrogen and oxygen atoms in total. The van der Waals surface area contributed by atoms with Crippen molar-refractivity contribution in [1.82, 2.24) is 0 Å². The van der Waals surface area contributed by atoms with E-state index in [4.69, 9.17) is 23.2 Å². The van der Waals surface area contributed by atoms with Gasteiger partial charge in [-0.2, -0.15) is 0 Å². The number of nitro groups is 1. The molecule has 0 atom stereocenters. The van der Waals surface area contributed by atoms with Gasteiger partial charge in [0.15, 0.2) is 0 Å². The van der Waals surface area contributed by atoms with Crippen LogP contribution in [0.4, 0.5) is 5.69 Å². The van der Waals surface area contributed by atoms with Crippen LogP contribution in [-0.2, 0) is 0 Å². The first-order valence-corrected chi connectivity index (χ1v) is 7.73. The Morgan fingerprint density at radius 1 is 1.35 bits per heavy atom. The number of nitro benzene ring substituents is 1. The summed E-state index contributed by atoms with van der Waals surface area (Å²) in [6, 6.07) is 4.88. The van der Waals surface area contributed by atoms with Crippen molar-refractivity contribution < 1.29 is 4.92 Å². The van der Waals surface area contributed by atoms with Gasteiger partial charge in [-0.15, -0.1) is 11.6 Å². The minimum absolute atomic E-state index is 0.0574. The average molecular weight is 314 g/mol. The zero-order valence-corrected chi connectivity index (χ0v) is 12.7. The summed E-state index contributed by atoms with van der Waals surface area (Å²) in [6.07, 6.45) is 8.06. The molecule has 108 valence electrons. The first-order valence-electron chi connectivity index (χ1n) is 6.82. The molecule has 0 bridgehead atoms. The molecule has 0 heterocycles. The van der Waals surface area contributed by atoms with Gasteiger partial charge in [-0.25, -0.2) is 0 Å². The number of benzene rings is 1. The van der Waals surface area contributed by atoms with Gasteiger partial charge in [0.2, 0.25) is 0 Å². The third-order valence-electron chi connectivity index (χ3n) is 3.80. The lowest BCUT2D eigenvalue weighted by molar-refractivity contribution is -0.384. The number of alkyl halides is 1. The van der Waals surface area contributed by atoms with Crippen LogP contribution in [0.3, 0.4) is 0 Å². The fraction of sp³-hybridized carbons (Fsp3) is 0.467. The molecule has 0 amide bonds. The monoisotopic (exact) mass is 313 g/mol. The van der Waals surface area contributed by atoms with Gasteiger partial charge in [-0.05, 0) is 30.4 Å². The quantitative estimate of drug-likeness (QED) is 0.421. The Bertz CT molecular complexity index is 523. The molecule has 0 saturated heterocycles. The van der Waals surface area contributed by atoms with Crippen molar-refractivity contribution in [2.75, 3.05) is 5.88 Å². The molecule has 1 aromatic carbocycles. The van der Waals surface area contributed by atoms with Crippen molar-refractivity contribution in [3.63, 3.8) is 0 Å². The lowest BCUT2D eigenvalue weighted by Crippen LogP contribution is -2.10. The van der Waals surface area contributed by atoms with Gasteiger partial charge in [-0.1, -0.05) is 48.6 Å². The molecule has 5 heteroatoms. The molecule has 1 saturated carbocycles. The maximum Gasteiger partial charge on any atom is 0.288 e. The zero-order valence-electron chi connectivity index (χ0n) is 11.1. The van der Waals surface area contributed by atoms with E-state index in [1.165, 1.54) is 30.9 Å². The first kappa shape index (κ1) is 15.3. The van der Waals surface area contributed by atoms with E-state index in [1.807, 2.05) is 6.08 Å². The minimum atomic E-state index is -0.458. The lowest BCUT2D eigenvalue weighted by Gasteiger charge is -2.23. The van der Waals surface area contributed by atoms with E-state index < -0.39 is 4.92 Å². The van der Waals surface area contributed by atoms with E-state index in [1.54, 1.807) is 12.1 Å². The first-order chi connectivity index (χ1) is 9.61. The van der Waals surface area contributed by atoms with Gasteiger partial charge >= 0.3 is 0 Å². The van der Waals surface area contributed by atoms with E-state index in [9.17, 15) is 10.1 Å².